The molecule has 1 aromatic heterocycles. The smallest absolute Gasteiger partial charge is 0.458 e. The van der Waals surface area contributed by atoms with Gasteiger partial charge in [0, 0.05) is 16.7 Å². The molecule has 2 aromatic carbocycles. The van der Waals surface area contributed by atoms with E-state index in [9.17, 15) is 12.8 Å². The van der Waals surface area contributed by atoms with Crippen LogP contribution in [0.3, 0.4) is 0 Å². The topological polar surface area (TPSA) is 61.1 Å². The van der Waals surface area contributed by atoms with Crippen LogP contribution in [0, 0.1) is 12.7 Å². The van der Waals surface area contributed by atoms with Gasteiger partial charge in [-0.3, -0.25) is 16.8 Å². The molecule has 0 spiro atoms. The fourth-order valence-corrected chi connectivity index (χ4v) is 2.74. The van der Waals surface area contributed by atoms with Crippen LogP contribution in [0.5, 0.6) is 0 Å². The third-order valence-corrected chi connectivity index (χ3v) is 4.82. The summed E-state index contributed by atoms with van der Waals surface area (Å²) in [4.78, 5) is 4.18. The standard InChI is InChI=1S/C11H8FN.C7H7ClNO2S.Na/c12-10-6-2-1-5-9(10)11-7-3-4-8-13-11;1-6-2-4-7(5-3-6)12(10,11)9-8;/h1-8H;2-5H,1H3;/q;-1;+1. The van der Waals surface area contributed by atoms with E-state index in [0.717, 1.165) is 5.56 Å². The second-order valence-electron chi connectivity index (χ2n) is 5.05. The summed E-state index contributed by atoms with van der Waals surface area (Å²) in [5.74, 6) is -0.235. The van der Waals surface area contributed by atoms with Gasteiger partial charge in [0.25, 0.3) is 0 Å². The van der Waals surface area contributed by atoms with Crippen molar-refractivity contribution in [1.82, 2.24) is 4.98 Å². The number of pyridine rings is 1. The van der Waals surface area contributed by atoms with E-state index in [4.69, 9.17) is 11.8 Å². The van der Waals surface area contributed by atoms with E-state index in [1.165, 1.54) is 18.2 Å². The Morgan fingerprint density at radius 3 is 2.12 bits per heavy atom. The number of rotatable bonds is 3. The van der Waals surface area contributed by atoms with Gasteiger partial charge < -0.3 is 4.24 Å². The summed E-state index contributed by atoms with van der Waals surface area (Å²) in [7, 11) is -3.62. The van der Waals surface area contributed by atoms with Crippen LogP contribution in [0.4, 0.5) is 4.39 Å². The molecule has 130 valence electrons. The van der Waals surface area contributed by atoms with Crippen LogP contribution in [-0.4, -0.2) is 13.4 Å². The fourth-order valence-electron chi connectivity index (χ4n) is 1.94. The van der Waals surface area contributed by atoms with Crippen molar-refractivity contribution in [2.24, 2.45) is 0 Å². The average Bonchev–Trinajstić information content (AvgIpc) is 2.64. The second-order valence-corrected chi connectivity index (χ2v) is 7.03. The summed E-state index contributed by atoms with van der Waals surface area (Å²) < 4.78 is 38.0. The molecule has 3 rings (SSSR count). The Balaban J connectivity index is 0.000000251. The molecule has 1 heterocycles. The van der Waals surface area contributed by atoms with Crippen molar-refractivity contribution in [2.45, 2.75) is 11.8 Å². The Bertz CT molecular complexity index is 923. The van der Waals surface area contributed by atoms with E-state index in [1.54, 1.807) is 42.6 Å². The summed E-state index contributed by atoms with van der Waals surface area (Å²) in [5.41, 5.74) is 2.20. The number of sulfonamides is 1. The second kappa shape index (κ2) is 10.8. The van der Waals surface area contributed by atoms with E-state index in [-0.39, 0.29) is 40.3 Å². The molecule has 0 N–H and O–H groups in total. The van der Waals surface area contributed by atoms with Gasteiger partial charge in [-0.25, -0.2) is 12.8 Å². The zero-order chi connectivity index (χ0) is 18.3. The van der Waals surface area contributed by atoms with Crippen molar-refractivity contribution in [1.29, 1.82) is 0 Å². The third kappa shape index (κ3) is 6.46. The first kappa shape index (κ1) is 22.8. The van der Waals surface area contributed by atoms with Crippen LogP contribution >= 0.6 is 11.8 Å². The molecule has 0 aliphatic heterocycles. The molecule has 0 saturated carbocycles. The minimum absolute atomic E-state index is 0. The molecule has 0 amide bonds. The normalized spacial score (nSPS) is 10.3. The van der Waals surface area contributed by atoms with Crippen molar-refractivity contribution in [3.63, 3.8) is 0 Å². The molecule has 0 saturated heterocycles. The molecule has 0 aliphatic carbocycles. The van der Waals surface area contributed by atoms with Gasteiger partial charge in [-0.2, -0.15) is 0 Å². The number of aryl methyl sites for hydroxylation is 1. The molecule has 0 aliphatic rings. The number of nitrogens with zero attached hydrogens (tertiary/aromatic N) is 2. The number of halogens is 2. The summed E-state index contributed by atoms with van der Waals surface area (Å²) in [6.45, 7) is 1.87. The van der Waals surface area contributed by atoms with Crippen LogP contribution in [0.25, 0.3) is 15.5 Å². The Morgan fingerprint density at radius 2 is 1.58 bits per heavy atom. The van der Waals surface area contributed by atoms with Gasteiger partial charge in [0.05, 0.1) is 5.69 Å². The van der Waals surface area contributed by atoms with E-state index < -0.39 is 10.0 Å². The third-order valence-electron chi connectivity index (χ3n) is 3.22. The summed E-state index contributed by atoms with van der Waals surface area (Å²) >= 11 is 4.90. The van der Waals surface area contributed by atoms with Gasteiger partial charge in [0.15, 0.2) is 0 Å². The van der Waals surface area contributed by atoms with Crippen LogP contribution in [0.2, 0.25) is 0 Å². The fraction of sp³-hybridized carbons (Fsp3) is 0.0556. The molecule has 4 nitrogen and oxygen atoms in total. The largest absolute Gasteiger partial charge is 1.00 e. The molecule has 3 aromatic rings. The van der Waals surface area contributed by atoms with Gasteiger partial charge in [0.1, 0.15) is 15.8 Å². The first-order valence-corrected chi connectivity index (χ1v) is 9.03. The maximum absolute atomic E-state index is 13.2. The van der Waals surface area contributed by atoms with Crippen molar-refractivity contribution >= 4 is 21.8 Å². The van der Waals surface area contributed by atoms with Gasteiger partial charge in [-0.1, -0.05) is 35.9 Å². The molecule has 0 fully saturated rings. The molecule has 0 bridgehead atoms. The van der Waals surface area contributed by atoms with Gasteiger partial charge in [0.2, 0.25) is 0 Å². The Kier molecular flexibility index (Phi) is 9.43. The maximum Gasteiger partial charge on any atom is 1.00 e. The molecular weight excluding hydrogens is 386 g/mol. The van der Waals surface area contributed by atoms with Crippen molar-refractivity contribution in [3.05, 3.63) is 88.5 Å². The summed E-state index contributed by atoms with van der Waals surface area (Å²) in [6, 6.07) is 18.4. The number of hydrogen-bond acceptors (Lipinski definition) is 3. The van der Waals surface area contributed by atoms with E-state index >= 15 is 0 Å². The van der Waals surface area contributed by atoms with E-state index in [2.05, 4.69) is 9.23 Å². The minimum Gasteiger partial charge on any atom is -0.458 e. The molecule has 0 radical (unpaired) electrons. The number of benzene rings is 2. The quantitative estimate of drug-likeness (QED) is 0.633. The maximum atomic E-state index is 13.2. The van der Waals surface area contributed by atoms with Crippen LogP contribution in [-0.2, 0) is 10.0 Å². The van der Waals surface area contributed by atoms with E-state index in [0.29, 0.717) is 11.3 Å². The van der Waals surface area contributed by atoms with Gasteiger partial charge in [-0.05, 0) is 43.3 Å². The molecule has 0 unspecified atom stereocenters. The Morgan fingerprint density at radius 1 is 0.962 bits per heavy atom. The predicted molar refractivity (Wildman–Crippen MR) is 97.2 cm³/mol. The van der Waals surface area contributed by atoms with Crippen LogP contribution in [0.15, 0.2) is 77.8 Å². The van der Waals surface area contributed by atoms with Crippen molar-refractivity contribution in [3.8, 4) is 11.3 Å². The SMILES string of the molecule is Cc1ccc(S(=O)(=O)[N-]Cl)cc1.Fc1ccccc1-c1ccccn1.[Na+]. The summed E-state index contributed by atoms with van der Waals surface area (Å²) in [6.07, 6.45) is 1.65. The summed E-state index contributed by atoms with van der Waals surface area (Å²) in [5, 5.41) is 0. The Labute approximate surface area is 179 Å². The van der Waals surface area contributed by atoms with E-state index in [1.807, 2.05) is 19.1 Å². The number of aromatic nitrogens is 1. The predicted octanol–water partition coefficient (Wildman–Crippen LogP) is 2.10. The molecule has 0 atom stereocenters. The minimum atomic E-state index is -3.62. The zero-order valence-electron chi connectivity index (χ0n) is 14.3. The zero-order valence-corrected chi connectivity index (χ0v) is 17.9. The molecular formula is C18H15ClFN2NaO2S. The average molecular weight is 401 g/mol. The molecule has 26 heavy (non-hydrogen) atoms. The van der Waals surface area contributed by atoms with Gasteiger partial charge in [-0.15, -0.1) is 0 Å². The van der Waals surface area contributed by atoms with Crippen LogP contribution in [0.1, 0.15) is 5.56 Å². The monoisotopic (exact) mass is 400 g/mol. The van der Waals surface area contributed by atoms with Gasteiger partial charge >= 0.3 is 29.6 Å². The molecule has 8 heteroatoms. The Hall–Kier alpha value is -1.28. The van der Waals surface area contributed by atoms with Crippen molar-refractivity contribution in [2.75, 3.05) is 0 Å². The first-order chi connectivity index (χ1) is 11.9. The van der Waals surface area contributed by atoms with Crippen LogP contribution < -0.4 is 29.6 Å². The first-order valence-electron chi connectivity index (χ1n) is 7.25. The van der Waals surface area contributed by atoms with Crippen molar-refractivity contribution < 1.29 is 42.4 Å². The number of hydrogen-bond donors (Lipinski definition) is 0.